The monoisotopic (exact) mass is 296 g/mol. The van der Waals surface area contributed by atoms with Crippen molar-refractivity contribution in [3.63, 3.8) is 0 Å². The van der Waals surface area contributed by atoms with E-state index in [4.69, 9.17) is 5.73 Å². The lowest BCUT2D eigenvalue weighted by Gasteiger charge is -2.06. The van der Waals surface area contributed by atoms with E-state index in [2.05, 4.69) is 36.3 Å². The molecule has 3 N–H and O–H groups in total. The summed E-state index contributed by atoms with van der Waals surface area (Å²) >= 11 is 3.36. The topological polar surface area (TPSA) is 81.7 Å². The van der Waals surface area contributed by atoms with E-state index < -0.39 is 0 Å². The number of hydrogen-bond donors (Lipinski definition) is 2. The third-order valence-electron chi connectivity index (χ3n) is 2.23. The van der Waals surface area contributed by atoms with Gasteiger partial charge in [-0.15, -0.1) is 0 Å². The van der Waals surface area contributed by atoms with Crippen LogP contribution >= 0.6 is 15.9 Å². The van der Waals surface area contributed by atoms with Gasteiger partial charge in [-0.05, 0) is 27.9 Å². The van der Waals surface area contributed by atoms with Gasteiger partial charge in [0.1, 0.15) is 5.82 Å². The van der Waals surface area contributed by atoms with Crippen molar-refractivity contribution in [1.29, 1.82) is 0 Å². The molecule has 2 heterocycles. The summed E-state index contributed by atoms with van der Waals surface area (Å²) in [5, 5.41) is 7.30. The van der Waals surface area contributed by atoms with Crippen LogP contribution in [-0.4, -0.2) is 26.3 Å². The lowest BCUT2D eigenvalue weighted by molar-refractivity contribution is 0.767. The zero-order valence-corrected chi connectivity index (χ0v) is 11.0. The number of nitrogens with two attached hydrogens (primary N) is 1. The normalized spacial score (nSPS) is 10.5. The molecule has 90 valence electrons. The van der Waals surface area contributed by atoms with Crippen molar-refractivity contribution in [2.45, 2.75) is 6.42 Å². The molecule has 0 radical (unpaired) electrons. The number of aryl methyl sites for hydroxylation is 1. The van der Waals surface area contributed by atoms with E-state index in [1.54, 1.807) is 10.9 Å². The van der Waals surface area contributed by atoms with Crippen LogP contribution in [0, 0.1) is 0 Å². The van der Waals surface area contributed by atoms with Crippen molar-refractivity contribution < 1.29 is 0 Å². The first-order valence-corrected chi connectivity index (χ1v) is 5.94. The molecule has 7 heteroatoms. The van der Waals surface area contributed by atoms with E-state index in [1.165, 1.54) is 5.56 Å². The van der Waals surface area contributed by atoms with Gasteiger partial charge in [0.25, 0.3) is 0 Å². The smallest absolute Gasteiger partial charge is 0.221 e. The Morgan fingerprint density at radius 1 is 1.47 bits per heavy atom. The van der Waals surface area contributed by atoms with Gasteiger partial charge in [0.2, 0.25) is 5.95 Å². The maximum absolute atomic E-state index is 5.52. The van der Waals surface area contributed by atoms with Crippen molar-refractivity contribution >= 4 is 27.7 Å². The van der Waals surface area contributed by atoms with E-state index in [1.807, 2.05) is 19.4 Å². The van der Waals surface area contributed by atoms with Crippen molar-refractivity contribution in [1.82, 2.24) is 19.7 Å². The molecular formula is C10H13BrN6. The maximum atomic E-state index is 5.52. The quantitative estimate of drug-likeness (QED) is 0.886. The Morgan fingerprint density at radius 2 is 2.29 bits per heavy atom. The van der Waals surface area contributed by atoms with E-state index in [0.717, 1.165) is 17.4 Å². The summed E-state index contributed by atoms with van der Waals surface area (Å²) in [7, 11) is 1.90. The van der Waals surface area contributed by atoms with Crippen molar-refractivity contribution in [3.05, 3.63) is 28.6 Å². The standard InChI is InChI=1S/C10H13BrN6/c1-17-6-7(4-15-17)2-3-13-9-8(11)5-14-10(12)16-9/h4-6H,2-3H2,1H3,(H3,12,13,14,16). The van der Waals surface area contributed by atoms with Gasteiger partial charge in [0, 0.05) is 26.0 Å². The minimum Gasteiger partial charge on any atom is -0.369 e. The second-order valence-corrected chi connectivity index (χ2v) is 4.48. The molecule has 0 bridgehead atoms. The number of nitrogens with zero attached hydrogens (tertiary/aromatic N) is 4. The molecule has 0 aliphatic carbocycles. The largest absolute Gasteiger partial charge is 0.369 e. The van der Waals surface area contributed by atoms with Crippen LogP contribution in [0.4, 0.5) is 11.8 Å². The van der Waals surface area contributed by atoms with Gasteiger partial charge < -0.3 is 11.1 Å². The lowest BCUT2D eigenvalue weighted by atomic mass is 10.2. The molecule has 2 rings (SSSR count). The second-order valence-electron chi connectivity index (χ2n) is 3.62. The molecule has 0 fully saturated rings. The van der Waals surface area contributed by atoms with Crippen LogP contribution in [0.3, 0.4) is 0 Å². The maximum Gasteiger partial charge on any atom is 0.221 e. The highest BCUT2D eigenvalue weighted by molar-refractivity contribution is 9.10. The van der Waals surface area contributed by atoms with Gasteiger partial charge in [-0.25, -0.2) is 4.98 Å². The molecule has 0 atom stereocenters. The summed E-state index contributed by atoms with van der Waals surface area (Å²) in [6.07, 6.45) is 6.36. The highest BCUT2D eigenvalue weighted by atomic mass is 79.9. The third-order valence-corrected chi connectivity index (χ3v) is 2.81. The minimum atomic E-state index is 0.261. The van der Waals surface area contributed by atoms with E-state index >= 15 is 0 Å². The summed E-state index contributed by atoms with van der Waals surface area (Å²) in [5.41, 5.74) is 6.70. The second kappa shape index (κ2) is 5.13. The first-order valence-electron chi connectivity index (χ1n) is 5.14. The van der Waals surface area contributed by atoms with Crippen molar-refractivity contribution in [2.24, 2.45) is 7.05 Å². The van der Waals surface area contributed by atoms with Crippen molar-refractivity contribution in [2.75, 3.05) is 17.6 Å². The number of rotatable bonds is 4. The lowest BCUT2D eigenvalue weighted by Crippen LogP contribution is -2.08. The summed E-state index contributed by atoms with van der Waals surface area (Å²) < 4.78 is 2.59. The summed E-state index contributed by atoms with van der Waals surface area (Å²) in [6, 6.07) is 0. The average molecular weight is 297 g/mol. The first kappa shape index (κ1) is 11.8. The predicted molar refractivity (Wildman–Crippen MR) is 69.5 cm³/mol. The Labute approximate surface area is 107 Å². The fraction of sp³-hybridized carbons (Fsp3) is 0.300. The average Bonchev–Trinajstić information content (AvgIpc) is 2.69. The van der Waals surface area contributed by atoms with E-state index in [-0.39, 0.29) is 5.95 Å². The Bertz CT molecular complexity index is 509. The molecule has 0 aliphatic heterocycles. The summed E-state index contributed by atoms with van der Waals surface area (Å²) in [6.45, 7) is 0.765. The Balaban J connectivity index is 1.91. The van der Waals surface area contributed by atoms with Gasteiger partial charge in [-0.1, -0.05) is 0 Å². The molecule has 0 amide bonds. The van der Waals surface area contributed by atoms with Crippen LogP contribution in [0.1, 0.15) is 5.56 Å². The number of halogens is 1. The summed E-state index contributed by atoms with van der Waals surface area (Å²) in [4.78, 5) is 7.97. The molecule has 17 heavy (non-hydrogen) atoms. The van der Waals surface area contributed by atoms with Crippen LogP contribution in [0.5, 0.6) is 0 Å². The van der Waals surface area contributed by atoms with Crippen LogP contribution in [-0.2, 0) is 13.5 Å². The van der Waals surface area contributed by atoms with Crippen LogP contribution < -0.4 is 11.1 Å². The highest BCUT2D eigenvalue weighted by Gasteiger charge is 2.03. The highest BCUT2D eigenvalue weighted by Crippen LogP contribution is 2.18. The number of nitrogens with one attached hydrogen (secondary N) is 1. The van der Waals surface area contributed by atoms with Gasteiger partial charge >= 0.3 is 0 Å². The van der Waals surface area contributed by atoms with Gasteiger partial charge in [0.15, 0.2) is 0 Å². The van der Waals surface area contributed by atoms with E-state index in [0.29, 0.717) is 5.82 Å². The molecular weight excluding hydrogens is 284 g/mol. The SMILES string of the molecule is Cn1cc(CCNc2nc(N)ncc2Br)cn1. The molecule has 2 aromatic rings. The molecule has 0 saturated heterocycles. The van der Waals surface area contributed by atoms with Gasteiger partial charge in [-0.2, -0.15) is 10.1 Å². The number of anilines is 2. The van der Waals surface area contributed by atoms with Crippen LogP contribution in [0.25, 0.3) is 0 Å². The van der Waals surface area contributed by atoms with Crippen LogP contribution in [0.2, 0.25) is 0 Å². The number of aromatic nitrogens is 4. The molecule has 2 aromatic heterocycles. The van der Waals surface area contributed by atoms with Crippen molar-refractivity contribution in [3.8, 4) is 0 Å². The first-order chi connectivity index (χ1) is 8.15. The number of hydrogen-bond acceptors (Lipinski definition) is 5. The van der Waals surface area contributed by atoms with Crippen LogP contribution in [0.15, 0.2) is 23.1 Å². The molecule has 0 spiro atoms. The molecule has 6 nitrogen and oxygen atoms in total. The fourth-order valence-corrected chi connectivity index (χ4v) is 1.76. The Hall–Kier alpha value is -1.63. The predicted octanol–water partition coefficient (Wildman–Crippen LogP) is 1.21. The molecule has 0 aliphatic rings. The molecule has 0 aromatic carbocycles. The summed E-state index contributed by atoms with van der Waals surface area (Å²) in [5.74, 6) is 0.971. The Kier molecular flexibility index (Phi) is 3.58. The molecule has 0 saturated carbocycles. The van der Waals surface area contributed by atoms with Gasteiger partial charge in [0.05, 0.1) is 10.7 Å². The van der Waals surface area contributed by atoms with E-state index in [9.17, 15) is 0 Å². The Morgan fingerprint density at radius 3 is 3.00 bits per heavy atom. The zero-order chi connectivity index (χ0) is 12.3. The zero-order valence-electron chi connectivity index (χ0n) is 9.39. The third kappa shape index (κ3) is 3.16. The van der Waals surface area contributed by atoms with Gasteiger partial charge in [-0.3, -0.25) is 4.68 Å². The molecule has 0 unspecified atom stereocenters. The number of nitrogen functional groups attached to an aromatic ring is 1. The minimum absolute atomic E-state index is 0.261. The fourth-order valence-electron chi connectivity index (χ4n) is 1.43.